The number of hydrogen-bond donors (Lipinski definition) is 0. The van der Waals surface area contributed by atoms with Crippen LogP contribution in [0.4, 0.5) is 13.2 Å². The Labute approximate surface area is 155 Å². The lowest BCUT2D eigenvalue weighted by Gasteiger charge is -2.14. The van der Waals surface area contributed by atoms with Crippen molar-refractivity contribution in [3.8, 4) is 11.5 Å². The highest BCUT2D eigenvalue weighted by molar-refractivity contribution is 5.69. The minimum Gasteiger partial charge on any atom is -0.490 e. The van der Waals surface area contributed by atoms with E-state index in [-0.39, 0.29) is 25.1 Å². The first-order valence-corrected chi connectivity index (χ1v) is 8.49. The summed E-state index contributed by atoms with van der Waals surface area (Å²) in [5, 5.41) is 0. The van der Waals surface area contributed by atoms with Crippen LogP contribution >= 0.6 is 0 Å². The van der Waals surface area contributed by atoms with E-state index in [1.807, 2.05) is 0 Å². The van der Waals surface area contributed by atoms with E-state index in [1.165, 1.54) is 12.1 Å². The van der Waals surface area contributed by atoms with Gasteiger partial charge in [0.15, 0.2) is 0 Å². The van der Waals surface area contributed by atoms with E-state index in [0.717, 1.165) is 12.1 Å². The summed E-state index contributed by atoms with van der Waals surface area (Å²) in [5.41, 5.74) is -0.0592. The van der Waals surface area contributed by atoms with Crippen molar-refractivity contribution in [2.45, 2.75) is 39.2 Å². The Morgan fingerprint density at radius 3 is 2.15 bits per heavy atom. The van der Waals surface area contributed by atoms with E-state index in [2.05, 4.69) is 0 Å². The minimum absolute atomic E-state index is 0.150. The molecule has 2 aromatic carbocycles. The molecule has 0 saturated heterocycles. The van der Waals surface area contributed by atoms with Crippen molar-refractivity contribution in [3.63, 3.8) is 0 Å². The van der Waals surface area contributed by atoms with E-state index in [0.29, 0.717) is 23.7 Å². The summed E-state index contributed by atoms with van der Waals surface area (Å²) >= 11 is 0. The number of hydrogen-bond acceptors (Lipinski definition) is 4. The third-order valence-corrected chi connectivity index (χ3v) is 3.61. The lowest BCUT2D eigenvalue weighted by molar-refractivity contribution is -0.144. The van der Waals surface area contributed by atoms with Gasteiger partial charge >= 0.3 is 12.1 Å². The molecule has 0 N–H and O–H groups in total. The van der Waals surface area contributed by atoms with Crippen LogP contribution in [0.3, 0.4) is 0 Å². The SMILES string of the molecule is CCOC(=O)C[C@@H](C)Oc1ccc(OCc2ccc(C(F)(F)F)cc2)cc1. The zero-order valence-corrected chi connectivity index (χ0v) is 15.1. The molecule has 4 nitrogen and oxygen atoms in total. The molecule has 0 aliphatic carbocycles. The summed E-state index contributed by atoms with van der Waals surface area (Å²) in [5.74, 6) is 0.815. The Hall–Kier alpha value is -2.70. The zero-order chi connectivity index (χ0) is 19.9. The summed E-state index contributed by atoms with van der Waals surface area (Å²) in [6.45, 7) is 3.99. The Bertz CT molecular complexity index is 724. The van der Waals surface area contributed by atoms with Gasteiger partial charge in [-0.2, -0.15) is 13.2 Å². The van der Waals surface area contributed by atoms with Crippen LogP contribution in [0.2, 0.25) is 0 Å². The maximum atomic E-state index is 12.5. The van der Waals surface area contributed by atoms with Gasteiger partial charge in [0.25, 0.3) is 0 Å². The predicted octanol–water partition coefficient (Wildman–Crippen LogP) is 5.00. The van der Waals surface area contributed by atoms with Gasteiger partial charge in [0.1, 0.15) is 24.2 Å². The van der Waals surface area contributed by atoms with Gasteiger partial charge in [-0.1, -0.05) is 12.1 Å². The topological polar surface area (TPSA) is 44.8 Å². The van der Waals surface area contributed by atoms with E-state index in [4.69, 9.17) is 14.2 Å². The van der Waals surface area contributed by atoms with E-state index >= 15 is 0 Å². The quantitative estimate of drug-likeness (QED) is 0.603. The molecule has 0 aliphatic heterocycles. The zero-order valence-electron chi connectivity index (χ0n) is 15.1. The van der Waals surface area contributed by atoms with Gasteiger partial charge in [0.2, 0.25) is 0 Å². The molecule has 0 aromatic heterocycles. The molecule has 0 saturated carbocycles. The van der Waals surface area contributed by atoms with Crippen LogP contribution in [0, 0.1) is 0 Å². The maximum Gasteiger partial charge on any atom is 0.416 e. The normalized spacial score (nSPS) is 12.3. The van der Waals surface area contributed by atoms with Crippen LogP contribution in [0.25, 0.3) is 0 Å². The van der Waals surface area contributed by atoms with E-state index < -0.39 is 11.7 Å². The third kappa shape index (κ3) is 6.84. The maximum absolute atomic E-state index is 12.5. The van der Waals surface area contributed by atoms with Gasteiger partial charge in [-0.25, -0.2) is 0 Å². The van der Waals surface area contributed by atoms with Gasteiger partial charge in [-0.05, 0) is 55.8 Å². The Morgan fingerprint density at radius 1 is 1.00 bits per heavy atom. The van der Waals surface area contributed by atoms with Crippen molar-refractivity contribution < 1.29 is 32.2 Å². The average Bonchev–Trinajstić information content (AvgIpc) is 2.61. The molecule has 0 radical (unpaired) electrons. The summed E-state index contributed by atoms with van der Waals surface area (Å²) < 4.78 is 53.7. The molecule has 0 heterocycles. The molecule has 27 heavy (non-hydrogen) atoms. The second-order valence-electron chi connectivity index (χ2n) is 5.89. The van der Waals surface area contributed by atoms with Crippen molar-refractivity contribution in [2.24, 2.45) is 0 Å². The second kappa shape index (κ2) is 9.30. The average molecular weight is 382 g/mol. The fraction of sp³-hybridized carbons (Fsp3) is 0.350. The summed E-state index contributed by atoms with van der Waals surface area (Å²) in [6, 6.07) is 11.6. The standard InChI is InChI=1S/C20H21F3O4/c1-3-25-19(24)12-14(2)27-18-10-8-17(9-11-18)26-13-15-4-6-16(7-5-15)20(21,22)23/h4-11,14H,3,12-13H2,1-2H3/t14-/m1/s1. The first-order valence-electron chi connectivity index (χ1n) is 8.49. The minimum atomic E-state index is -4.35. The molecule has 7 heteroatoms. The highest BCUT2D eigenvalue weighted by Gasteiger charge is 2.29. The molecule has 0 spiro atoms. The molecule has 2 rings (SSSR count). The molecule has 0 unspecified atom stereocenters. The van der Waals surface area contributed by atoms with Gasteiger partial charge in [0.05, 0.1) is 18.6 Å². The molecular weight excluding hydrogens is 361 g/mol. The van der Waals surface area contributed by atoms with Gasteiger partial charge in [0, 0.05) is 0 Å². The van der Waals surface area contributed by atoms with Crippen LogP contribution in [0.1, 0.15) is 31.4 Å². The van der Waals surface area contributed by atoms with Gasteiger partial charge in [-0.15, -0.1) is 0 Å². The van der Waals surface area contributed by atoms with Crippen LogP contribution in [0.15, 0.2) is 48.5 Å². The molecule has 0 fully saturated rings. The molecule has 0 bridgehead atoms. The van der Waals surface area contributed by atoms with Crippen LogP contribution in [-0.4, -0.2) is 18.7 Å². The predicted molar refractivity (Wildman–Crippen MR) is 93.6 cm³/mol. The van der Waals surface area contributed by atoms with Crippen LogP contribution in [0.5, 0.6) is 11.5 Å². The van der Waals surface area contributed by atoms with Crippen molar-refractivity contribution in [2.75, 3.05) is 6.61 Å². The number of carbonyl (C=O) groups is 1. The molecule has 0 aliphatic rings. The van der Waals surface area contributed by atoms with Gasteiger partial charge in [-0.3, -0.25) is 4.79 Å². The first-order chi connectivity index (χ1) is 12.8. The fourth-order valence-electron chi connectivity index (χ4n) is 2.30. The number of alkyl halides is 3. The summed E-state index contributed by atoms with van der Waals surface area (Å²) in [4.78, 5) is 11.4. The van der Waals surface area contributed by atoms with Crippen LogP contribution < -0.4 is 9.47 Å². The second-order valence-corrected chi connectivity index (χ2v) is 5.89. The molecular formula is C20H21F3O4. The first kappa shape index (κ1) is 20.6. The highest BCUT2D eigenvalue weighted by Crippen LogP contribution is 2.29. The largest absolute Gasteiger partial charge is 0.490 e. The third-order valence-electron chi connectivity index (χ3n) is 3.61. The van der Waals surface area contributed by atoms with Crippen LogP contribution in [-0.2, 0) is 22.3 Å². The number of rotatable bonds is 8. The number of ether oxygens (including phenoxy) is 3. The smallest absolute Gasteiger partial charge is 0.416 e. The lowest BCUT2D eigenvalue weighted by Crippen LogP contribution is -2.18. The van der Waals surface area contributed by atoms with Crippen molar-refractivity contribution in [1.29, 1.82) is 0 Å². The molecule has 2 aromatic rings. The number of halogens is 3. The molecule has 146 valence electrons. The van der Waals surface area contributed by atoms with Gasteiger partial charge < -0.3 is 14.2 Å². The lowest BCUT2D eigenvalue weighted by atomic mass is 10.1. The highest BCUT2D eigenvalue weighted by atomic mass is 19.4. The Balaban J connectivity index is 1.84. The molecule has 0 amide bonds. The Morgan fingerprint density at radius 2 is 1.59 bits per heavy atom. The summed E-state index contributed by atoms with van der Waals surface area (Å²) in [6.07, 6.45) is -4.53. The van der Waals surface area contributed by atoms with Crippen molar-refractivity contribution in [3.05, 3.63) is 59.7 Å². The fourth-order valence-corrected chi connectivity index (χ4v) is 2.30. The number of carbonyl (C=O) groups excluding carboxylic acids is 1. The van der Waals surface area contributed by atoms with Crippen molar-refractivity contribution in [1.82, 2.24) is 0 Å². The summed E-state index contributed by atoms with van der Waals surface area (Å²) in [7, 11) is 0. The number of benzene rings is 2. The van der Waals surface area contributed by atoms with E-state index in [9.17, 15) is 18.0 Å². The van der Waals surface area contributed by atoms with E-state index in [1.54, 1.807) is 38.1 Å². The number of esters is 1. The molecule has 1 atom stereocenters. The van der Waals surface area contributed by atoms with Crippen molar-refractivity contribution >= 4 is 5.97 Å². The Kier molecular flexibility index (Phi) is 7.10. The monoisotopic (exact) mass is 382 g/mol.